The van der Waals surface area contributed by atoms with Crippen molar-refractivity contribution in [2.75, 3.05) is 14.1 Å². The molecule has 5 nitrogen and oxygen atoms in total. The average Bonchev–Trinajstić information content (AvgIpc) is 2.20. The maximum absolute atomic E-state index is 11.1. The molecule has 1 aromatic carbocycles. The van der Waals surface area contributed by atoms with E-state index >= 15 is 0 Å². The van der Waals surface area contributed by atoms with Gasteiger partial charge in [0.25, 0.3) is 0 Å². The van der Waals surface area contributed by atoms with Gasteiger partial charge in [0.1, 0.15) is 6.29 Å². The maximum atomic E-state index is 11.1. The van der Waals surface area contributed by atoms with Crippen molar-refractivity contribution in [1.82, 2.24) is 4.90 Å². The molecule has 1 amide bonds. The number of aromatic hydroxyl groups is 1. The van der Waals surface area contributed by atoms with E-state index in [1.165, 1.54) is 37.2 Å². The zero-order valence-electron chi connectivity index (χ0n) is 8.43. The van der Waals surface area contributed by atoms with Crippen LogP contribution in [-0.4, -0.2) is 36.5 Å². The van der Waals surface area contributed by atoms with Gasteiger partial charge in [-0.2, -0.15) is 0 Å². The number of phenolic OH excluding ortho intramolecular Hbond substituents is 1. The minimum atomic E-state index is -0.593. The van der Waals surface area contributed by atoms with E-state index in [4.69, 9.17) is 4.74 Å². The first-order valence-corrected chi connectivity index (χ1v) is 4.22. The number of benzene rings is 1. The number of phenols is 1. The van der Waals surface area contributed by atoms with Crippen LogP contribution in [-0.2, 0) is 0 Å². The summed E-state index contributed by atoms with van der Waals surface area (Å²) in [6, 6.07) is 4.04. The Hall–Kier alpha value is -2.04. The van der Waals surface area contributed by atoms with Crippen molar-refractivity contribution in [2.45, 2.75) is 0 Å². The van der Waals surface area contributed by atoms with Gasteiger partial charge < -0.3 is 14.7 Å². The lowest BCUT2D eigenvalue weighted by atomic mass is 10.2. The zero-order chi connectivity index (χ0) is 11.4. The first kappa shape index (κ1) is 11.0. The van der Waals surface area contributed by atoms with Crippen molar-refractivity contribution >= 4 is 12.4 Å². The number of amides is 1. The average molecular weight is 209 g/mol. The first-order chi connectivity index (χ1) is 7.04. The fourth-order valence-corrected chi connectivity index (χ4v) is 0.879. The molecule has 0 saturated carbocycles. The number of ether oxygens (including phenoxy) is 1. The van der Waals surface area contributed by atoms with E-state index in [0.29, 0.717) is 11.8 Å². The smallest absolute Gasteiger partial charge is 0.414 e. The molecule has 0 aliphatic rings. The number of aldehydes is 1. The van der Waals surface area contributed by atoms with Gasteiger partial charge in [0.15, 0.2) is 11.5 Å². The largest absolute Gasteiger partial charge is 0.504 e. The van der Waals surface area contributed by atoms with Crippen molar-refractivity contribution in [1.29, 1.82) is 0 Å². The van der Waals surface area contributed by atoms with Crippen LogP contribution in [0, 0.1) is 0 Å². The van der Waals surface area contributed by atoms with E-state index < -0.39 is 6.09 Å². The predicted molar refractivity (Wildman–Crippen MR) is 53.2 cm³/mol. The normalized spacial score (nSPS) is 9.47. The number of carbonyl (C=O) groups excluding carboxylic acids is 2. The highest BCUT2D eigenvalue weighted by molar-refractivity contribution is 5.77. The van der Waals surface area contributed by atoms with Crippen molar-refractivity contribution in [3.05, 3.63) is 23.8 Å². The van der Waals surface area contributed by atoms with Gasteiger partial charge in [-0.1, -0.05) is 0 Å². The van der Waals surface area contributed by atoms with Gasteiger partial charge in [0.05, 0.1) is 0 Å². The summed E-state index contributed by atoms with van der Waals surface area (Å²) in [5, 5.41) is 9.40. The van der Waals surface area contributed by atoms with Crippen molar-refractivity contribution in [3.63, 3.8) is 0 Å². The van der Waals surface area contributed by atoms with E-state index in [0.717, 1.165) is 0 Å². The van der Waals surface area contributed by atoms with Crippen LogP contribution in [0.2, 0.25) is 0 Å². The summed E-state index contributed by atoms with van der Waals surface area (Å²) in [5.41, 5.74) is 0.317. The minimum Gasteiger partial charge on any atom is -0.504 e. The monoisotopic (exact) mass is 209 g/mol. The van der Waals surface area contributed by atoms with Crippen LogP contribution in [0.5, 0.6) is 11.5 Å². The third kappa shape index (κ3) is 2.70. The van der Waals surface area contributed by atoms with E-state index in [1.54, 1.807) is 0 Å². The van der Waals surface area contributed by atoms with Crippen LogP contribution >= 0.6 is 0 Å². The Kier molecular flexibility index (Phi) is 3.28. The van der Waals surface area contributed by atoms with Crippen molar-refractivity contribution in [2.24, 2.45) is 0 Å². The fraction of sp³-hybridized carbons (Fsp3) is 0.200. The number of hydrogen-bond acceptors (Lipinski definition) is 4. The summed E-state index contributed by atoms with van der Waals surface area (Å²) in [6.45, 7) is 0. The van der Waals surface area contributed by atoms with Gasteiger partial charge in [-0.15, -0.1) is 0 Å². The summed E-state index contributed by atoms with van der Waals surface area (Å²) >= 11 is 0. The number of hydrogen-bond donors (Lipinski definition) is 1. The quantitative estimate of drug-likeness (QED) is 0.745. The Morgan fingerprint density at radius 3 is 2.60 bits per heavy atom. The van der Waals surface area contributed by atoms with Gasteiger partial charge in [-0.05, 0) is 18.2 Å². The van der Waals surface area contributed by atoms with Crippen LogP contribution in [0.4, 0.5) is 4.79 Å². The van der Waals surface area contributed by atoms with Gasteiger partial charge in [-0.25, -0.2) is 4.79 Å². The third-order valence-electron chi connectivity index (χ3n) is 1.68. The van der Waals surface area contributed by atoms with Gasteiger partial charge in [0, 0.05) is 19.7 Å². The summed E-state index contributed by atoms with van der Waals surface area (Å²) in [6.07, 6.45) is 0.00113. The Balaban J connectivity index is 2.87. The molecule has 1 rings (SSSR count). The second kappa shape index (κ2) is 4.45. The number of rotatable bonds is 2. The molecule has 0 fully saturated rings. The van der Waals surface area contributed by atoms with Crippen LogP contribution in [0.25, 0.3) is 0 Å². The second-order valence-corrected chi connectivity index (χ2v) is 3.11. The van der Waals surface area contributed by atoms with Gasteiger partial charge in [-0.3, -0.25) is 4.79 Å². The lowest BCUT2D eigenvalue weighted by molar-refractivity contribution is 0.112. The molecule has 15 heavy (non-hydrogen) atoms. The highest BCUT2D eigenvalue weighted by Gasteiger charge is 2.10. The molecule has 0 saturated heterocycles. The lowest BCUT2D eigenvalue weighted by Gasteiger charge is -2.11. The topological polar surface area (TPSA) is 66.8 Å². The maximum Gasteiger partial charge on any atom is 0.414 e. The molecule has 0 unspecified atom stereocenters. The molecule has 1 aromatic rings. The fourth-order valence-electron chi connectivity index (χ4n) is 0.879. The SMILES string of the molecule is CN(C)C(=O)Oc1ccc(C=O)cc1O. The Bertz CT molecular complexity index is 387. The molecule has 0 radical (unpaired) electrons. The Labute approximate surface area is 86.9 Å². The molecule has 0 heterocycles. The van der Waals surface area contributed by atoms with Crippen LogP contribution < -0.4 is 4.74 Å². The molecular formula is C10H11NO4. The predicted octanol–water partition coefficient (Wildman–Crippen LogP) is 1.27. The van der Waals surface area contributed by atoms with E-state index in [1.807, 2.05) is 0 Å². The van der Waals surface area contributed by atoms with Crippen molar-refractivity contribution in [3.8, 4) is 11.5 Å². The number of nitrogens with zero attached hydrogens (tertiary/aromatic N) is 1. The molecule has 0 bridgehead atoms. The van der Waals surface area contributed by atoms with Crippen LogP contribution in [0.15, 0.2) is 18.2 Å². The summed E-state index contributed by atoms with van der Waals surface area (Å²) < 4.78 is 4.83. The van der Waals surface area contributed by atoms with Crippen molar-refractivity contribution < 1.29 is 19.4 Å². The van der Waals surface area contributed by atoms with E-state index in [-0.39, 0.29) is 11.5 Å². The zero-order valence-corrected chi connectivity index (χ0v) is 8.43. The molecular weight excluding hydrogens is 198 g/mol. The van der Waals surface area contributed by atoms with Gasteiger partial charge >= 0.3 is 6.09 Å². The molecule has 1 N–H and O–H groups in total. The highest BCUT2D eigenvalue weighted by Crippen LogP contribution is 2.26. The van der Waals surface area contributed by atoms with Crippen LogP contribution in [0.3, 0.4) is 0 Å². The standard InChI is InChI=1S/C10H11NO4/c1-11(2)10(14)15-9-4-3-7(6-12)5-8(9)13/h3-6,13H,1-2H3. The molecule has 5 heteroatoms. The molecule has 0 aliphatic carbocycles. The highest BCUT2D eigenvalue weighted by atomic mass is 16.6. The van der Waals surface area contributed by atoms with E-state index in [9.17, 15) is 14.7 Å². The van der Waals surface area contributed by atoms with Gasteiger partial charge in [0.2, 0.25) is 0 Å². The van der Waals surface area contributed by atoms with Crippen LogP contribution in [0.1, 0.15) is 10.4 Å². The molecule has 0 spiro atoms. The minimum absolute atomic E-state index is 0.0271. The third-order valence-corrected chi connectivity index (χ3v) is 1.68. The Morgan fingerprint density at radius 2 is 2.13 bits per heavy atom. The number of carbonyl (C=O) groups is 2. The lowest BCUT2D eigenvalue weighted by Crippen LogP contribution is -2.25. The summed E-state index contributed by atoms with van der Waals surface area (Å²) in [5.74, 6) is -0.214. The molecule has 0 aliphatic heterocycles. The van der Waals surface area contributed by atoms with E-state index in [2.05, 4.69) is 0 Å². The summed E-state index contributed by atoms with van der Waals surface area (Å²) in [7, 11) is 3.05. The second-order valence-electron chi connectivity index (χ2n) is 3.11. The summed E-state index contributed by atoms with van der Waals surface area (Å²) in [4.78, 5) is 22.7. The molecule has 80 valence electrons. The first-order valence-electron chi connectivity index (χ1n) is 4.22. The molecule has 0 aromatic heterocycles. The molecule has 0 atom stereocenters. The Morgan fingerprint density at radius 1 is 1.47 bits per heavy atom.